The number of rotatable bonds is 3. The molecule has 1 heterocycles. The number of carbonyl (C=O) groups is 3. The summed E-state index contributed by atoms with van der Waals surface area (Å²) in [5.74, 6) is -0.414. The molecule has 4 heteroatoms. The molecule has 1 fully saturated rings. The fourth-order valence-electron chi connectivity index (χ4n) is 4.55. The van der Waals surface area contributed by atoms with Gasteiger partial charge in [-0.2, -0.15) is 0 Å². The van der Waals surface area contributed by atoms with Crippen LogP contribution < -0.4 is 0 Å². The maximum absolute atomic E-state index is 13.1. The Morgan fingerprint density at radius 2 is 1.64 bits per heavy atom. The van der Waals surface area contributed by atoms with Crippen molar-refractivity contribution in [2.75, 3.05) is 19.6 Å². The number of nitrogens with zero attached hydrogens (tertiary/aromatic N) is 1. The third kappa shape index (κ3) is 2.69. The third-order valence-electron chi connectivity index (χ3n) is 6.05. The number of carbonyl (C=O) groups excluding carboxylic acids is 3. The van der Waals surface area contributed by atoms with Crippen LogP contribution in [0.5, 0.6) is 0 Å². The molecule has 0 N–H and O–H groups in total. The van der Waals surface area contributed by atoms with Gasteiger partial charge in [-0.05, 0) is 44.8 Å². The molecule has 4 nitrogen and oxygen atoms in total. The number of hydrogen-bond donors (Lipinski definition) is 0. The van der Waals surface area contributed by atoms with Crippen molar-refractivity contribution in [2.24, 2.45) is 11.8 Å². The van der Waals surface area contributed by atoms with Crippen molar-refractivity contribution in [2.45, 2.75) is 32.6 Å². The van der Waals surface area contributed by atoms with Crippen molar-refractivity contribution in [3.05, 3.63) is 46.5 Å². The van der Waals surface area contributed by atoms with E-state index in [1.165, 1.54) is 12.8 Å². The molecule has 2 aliphatic carbocycles. The predicted octanol–water partition coefficient (Wildman–Crippen LogP) is 3.07. The zero-order valence-electron chi connectivity index (χ0n) is 14.6. The number of allylic oxidation sites excluding steroid dienone is 2. The van der Waals surface area contributed by atoms with E-state index in [1.54, 1.807) is 24.3 Å². The van der Waals surface area contributed by atoms with Crippen LogP contribution in [0.15, 0.2) is 35.4 Å². The van der Waals surface area contributed by atoms with E-state index in [0.717, 1.165) is 26.1 Å². The smallest absolute Gasteiger partial charge is 0.190 e. The van der Waals surface area contributed by atoms with Crippen LogP contribution in [0.4, 0.5) is 0 Å². The molecule has 1 aromatic rings. The molecule has 0 aromatic heterocycles. The van der Waals surface area contributed by atoms with Crippen LogP contribution in [0, 0.1) is 11.8 Å². The fourth-order valence-corrected chi connectivity index (χ4v) is 4.55. The molecular weight excluding hydrogens is 314 g/mol. The van der Waals surface area contributed by atoms with Gasteiger partial charge in [-0.3, -0.25) is 14.4 Å². The van der Waals surface area contributed by atoms with E-state index in [1.807, 2.05) is 6.92 Å². The molecule has 4 rings (SSSR count). The molecule has 1 aromatic carbocycles. The standard InChI is InChI=1S/C21H23NO3/c1-13-14(8-11-22-9-4-5-10-22)19-17(12-18(13)23)20(24)15-6-2-3-7-16(15)21(19)25/h2-3,6-7,13-14H,4-5,8-12H2,1H3. The molecule has 0 spiro atoms. The Hall–Kier alpha value is -2.07. The van der Waals surface area contributed by atoms with Gasteiger partial charge in [-0.25, -0.2) is 0 Å². The lowest BCUT2D eigenvalue weighted by Crippen LogP contribution is -2.38. The van der Waals surface area contributed by atoms with Crippen molar-refractivity contribution in [3.63, 3.8) is 0 Å². The topological polar surface area (TPSA) is 54.5 Å². The van der Waals surface area contributed by atoms with Crippen LogP contribution in [-0.4, -0.2) is 41.9 Å². The Morgan fingerprint density at radius 3 is 2.32 bits per heavy atom. The van der Waals surface area contributed by atoms with Gasteiger partial charge in [-0.1, -0.05) is 31.2 Å². The van der Waals surface area contributed by atoms with E-state index >= 15 is 0 Å². The van der Waals surface area contributed by atoms with Crippen molar-refractivity contribution in [3.8, 4) is 0 Å². The fraction of sp³-hybridized carbons (Fsp3) is 0.476. The minimum atomic E-state index is -0.191. The molecule has 25 heavy (non-hydrogen) atoms. The molecule has 0 radical (unpaired) electrons. The monoisotopic (exact) mass is 337 g/mol. The summed E-state index contributed by atoms with van der Waals surface area (Å²) in [7, 11) is 0. The summed E-state index contributed by atoms with van der Waals surface area (Å²) in [5.41, 5.74) is 2.03. The quantitative estimate of drug-likeness (QED) is 0.850. The molecule has 130 valence electrons. The first kappa shape index (κ1) is 16.4. The predicted molar refractivity (Wildman–Crippen MR) is 94.7 cm³/mol. The Morgan fingerprint density at radius 1 is 1.00 bits per heavy atom. The van der Waals surface area contributed by atoms with Gasteiger partial charge in [0.15, 0.2) is 11.6 Å². The van der Waals surface area contributed by atoms with Crippen LogP contribution in [0.3, 0.4) is 0 Å². The molecule has 1 saturated heterocycles. The first-order valence-corrected chi connectivity index (χ1v) is 9.24. The van der Waals surface area contributed by atoms with Gasteiger partial charge in [0.2, 0.25) is 0 Å². The molecule has 1 aliphatic heterocycles. The van der Waals surface area contributed by atoms with Crippen molar-refractivity contribution in [1.29, 1.82) is 0 Å². The maximum Gasteiger partial charge on any atom is 0.190 e. The number of likely N-dealkylation sites (tertiary alicyclic amines) is 1. The van der Waals surface area contributed by atoms with E-state index in [0.29, 0.717) is 22.3 Å². The molecule has 3 aliphatic rings. The number of Topliss-reactive ketones (excluding diaryl/α,β-unsaturated/α-hetero) is 3. The van der Waals surface area contributed by atoms with Gasteiger partial charge in [0.05, 0.1) is 0 Å². The highest BCUT2D eigenvalue weighted by atomic mass is 16.1. The van der Waals surface area contributed by atoms with E-state index < -0.39 is 0 Å². The number of ketones is 3. The minimum absolute atomic E-state index is 0.0454. The lowest BCUT2D eigenvalue weighted by molar-refractivity contribution is -0.123. The summed E-state index contributed by atoms with van der Waals surface area (Å²) >= 11 is 0. The molecule has 0 bridgehead atoms. The van der Waals surface area contributed by atoms with Gasteiger partial charge in [0, 0.05) is 34.6 Å². The largest absolute Gasteiger partial charge is 0.303 e. The van der Waals surface area contributed by atoms with Crippen molar-refractivity contribution >= 4 is 17.3 Å². The van der Waals surface area contributed by atoms with E-state index in [9.17, 15) is 14.4 Å². The highest BCUT2D eigenvalue weighted by molar-refractivity contribution is 6.28. The third-order valence-corrected chi connectivity index (χ3v) is 6.05. The van der Waals surface area contributed by atoms with E-state index in [-0.39, 0.29) is 35.6 Å². The second kappa shape index (κ2) is 6.34. The molecular formula is C21H23NO3. The Bertz CT molecular complexity index is 786. The Labute approximate surface area is 147 Å². The lowest BCUT2D eigenvalue weighted by atomic mass is 9.67. The van der Waals surface area contributed by atoms with Gasteiger partial charge < -0.3 is 4.90 Å². The van der Waals surface area contributed by atoms with Gasteiger partial charge in [0.1, 0.15) is 5.78 Å². The second-order valence-corrected chi connectivity index (χ2v) is 7.47. The average Bonchev–Trinajstić information content (AvgIpc) is 3.14. The Kier molecular flexibility index (Phi) is 4.16. The van der Waals surface area contributed by atoms with E-state index in [2.05, 4.69) is 4.90 Å². The van der Waals surface area contributed by atoms with Gasteiger partial charge in [-0.15, -0.1) is 0 Å². The van der Waals surface area contributed by atoms with Crippen LogP contribution >= 0.6 is 0 Å². The molecule has 2 unspecified atom stereocenters. The first-order valence-electron chi connectivity index (χ1n) is 9.24. The average molecular weight is 337 g/mol. The van der Waals surface area contributed by atoms with Crippen molar-refractivity contribution in [1.82, 2.24) is 4.90 Å². The first-order chi connectivity index (χ1) is 12.1. The summed E-state index contributed by atoms with van der Waals surface area (Å²) in [6.07, 6.45) is 3.32. The molecule has 0 amide bonds. The van der Waals surface area contributed by atoms with Crippen LogP contribution in [-0.2, 0) is 4.79 Å². The number of fused-ring (bicyclic) bond motifs is 1. The zero-order valence-corrected chi connectivity index (χ0v) is 14.6. The summed E-state index contributed by atoms with van der Waals surface area (Å²) in [6, 6.07) is 7.00. The lowest BCUT2D eigenvalue weighted by Gasteiger charge is -2.35. The molecule has 2 atom stereocenters. The van der Waals surface area contributed by atoms with Crippen molar-refractivity contribution < 1.29 is 14.4 Å². The SMILES string of the molecule is CC1C(=O)CC2=C(C(=O)c3ccccc3C2=O)C1CCN1CCCC1. The zero-order chi connectivity index (χ0) is 17.6. The number of benzene rings is 1. The van der Waals surface area contributed by atoms with E-state index in [4.69, 9.17) is 0 Å². The maximum atomic E-state index is 13.1. The minimum Gasteiger partial charge on any atom is -0.303 e. The Balaban J connectivity index is 1.70. The van der Waals surface area contributed by atoms with Crippen LogP contribution in [0.2, 0.25) is 0 Å². The summed E-state index contributed by atoms with van der Waals surface area (Å²) in [4.78, 5) is 40.9. The summed E-state index contributed by atoms with van der Waals surface area (Å²) in [6.45, 7) is 4.99. The summed E-state index contributed by atoms with van der Waals surface area (Å²) in [5, 5.41) is 0. The van der Waals surface area contributed by atoms with Gasteiger partial charge in [0.25, 0.3) is 0 Å². The molecule has 0 saturated carbocycles. The highest BCUT2D eigenvalue weighted by Gasteiger charge is 2.43. The highest BCUT2D eigenvalue weighted by Crippen LogP contribution is 2.41. The second-order valence-electron chi connectivity index (χ2n) is 7.47. The van der Waals surface area contributed by atoms with Crippen LogP contribution in [0.25, 0.3) is 0 Å². The van der Waals surface area contributed by atoms with Crippen LogP contribution in [0.1, 0.15) is 53.3 Å². The summed E-state index contributed by atoms with van der Waals surface area (Å²) < 4.78 is 0. The van der Waals surface area contributed by atoms with Gasteiger partial charge >= 0.3 is 0 Å². The number of hydrogen-bond acceptors (Lipinski definition) is 4. The normalized spacial score (nSPS) is 26.8.